The maximum absolute atomic E-state index is 13.3. The molecule has 4 atom stereocenters. The Kier molecular flexibility index (Phi) is 7.72. The second kappa shape index (κ2) is 9.94. The SMILES string of the molecule is CC[C@@H]([C@@H](C)CC(C)(C)C)N1C(=O)CO[C@H](c2cccc(Cl)c2)[C@H]1c1ccc(Cl)cc1. The van der Waals surface area contributed by atoms with Gasteiger partial charge in [0.2, 0.25) is 5.91 Å². The lowest BCUT2D eigenvalue weighted by Crippen LogP contribution is -2.53. The minimum Gasteiger partial charge on any atom is -0.361 e. The standard InChI is InChI=1S/C26H33Cl2NO2/c1-6-22(17(2)15-26(3,4)5)29-23(30)16-31-25(19-8-7-9-21(28)14-19)24(29)18-10-12-20(27)13-11-18/h7-14,17,22,24-25H,6,15-16H2,1-5H3/t17-,22-,24+,25+/m0/s1. The Morgan fingerprint density at radius 1 is 1.06 bits per heavy atom. The number of carbonyl (C=O) groups is 1. The maximum atomic E-state index is 13.3. The third-order valence-electron chi connectivity index (χ3n) is 6.02. The Bertz CT molecular complexity index is 891. The highest BCUT2D eigenvalue weighted by Crippen LogP contribution is 2.44. The van der Waals surface area contributed by atoms with Gasteiger partial charge in [0.25, 0.3) is 0 Å². The number of ether oxygens (including phenoxy) is 1. The summed E-state index contributed by atoms with van der Waals surface area (Å²) in [5.41, 5.74) is 2.18. The number of amides is 1. The highest BCUT2D eigenvalue weighted by molar-refractivity contribution is 6.30. The quantitative estimate of drug-likeness (QED) is 0.445. The molecule has 5 heteroatoms. The van der Waals surface area contributed by atoms with Crippen molar-refractivity contribution in [2.24, 2.45) is 11.3 Å². The van der Waals surface area contributed by atoms with Crippen molar-refractivity contribution in [3.8, 4) is 0 Å². The number of hydrogen-bond acceptors (Lipinski definition) is 2. The Balaban J connectivity index is 2.08. The average molecular weight is 462 g/mol. The van der Waals surface area contributed by atoms with Crippen LogP contribution in [0.25, 0.3) is 0 Å². The number of halogens is 2. The summed E-state index contributed by atoms with van der Waals surface area (Å²) < 4.78 is 6.15. The second-order valence-corrected chi connectivity index (χ2v) is 10.7. The number of benzene rings is 2. The van der Waals surface area contributed by atoms with Gasteiger partial charge in [0.1, 0.15) is 12.7 Å². The van der Waals surface area contributed by atoms with Crippen LogP contribution in [0, 0.1) is 11.3 Å². The molecule has 3 rings (SSSR count). The van der Waals surface area contributed by atoms with Crippen LogP contribution in [0.15, 0.2) is 48.5 Å². The van der Waals surface area contributed by atoms with Gasteiger partial charge in [-0.05, 0) is 59.6 Å². The van der Waals surface area contributed by atoms with Crippen molar-refractivity contribution in [1.82, 2.24) is 4.90 Å². The van der Waals surface area contributed by atoms with Crippen LogP contribution in [0.5, 0.6) is 0 Å². The summed E-state index contributed by atoms with van der Waals surface area (Å²) in [6.07, 6.45) is 1.62. The Morgan fingerprint density at radius 2 is 1.74 bits per heavy atom. The maximum Gasteiger partial charge on any atom is 0.249 e. The van der Waals surface area contributed by atoms with Crippen LogP contribution < -0.4 is 0 Å². The van der Waals surface area contributed by atoms with E-state index in [1.54, 1.807) is 0 Å². The van der Waals surface area contributed by atoms with Crippen LogP contribution >= 0.6 is 23.2 Å². The fraction of sp³-hybridized carbons (Fsp3) is 0.500. The second-order valence-electron chi connectivity index (χ2n) is 9.80. The Hall–Kier alpha value is -1.55. The van der Waals surface area contributed by atoms with E-state index in [0.29, 0.717) is 16.0 Å². The molecule has 1 fully saturated rings. The number of nitrogens with zero attached hydrogens (tertiary/aromatic N) is 1. The molecule has 0 radical (unpaired) electrons. The molecule has 3 nitrogen and oxygen atoms in total. The van der Waals surface area contributed by atoms with Gasteiger partial charge >= 0.3 is 0 Å². The Labute approximate surface area is 196 Å². The molecule has 0 unspecified atom stereocenters. The predicted octanol–water partition coefficient (Wildman–Crippen LogP) is 7.49. The topological polar surface area (TPSA) is 29.5 Å². The molecule has 2 aromatic rings. The minimum absolute atomic E-state index is 0.0332. The summed E-state index contributed by atoms with van der Waals surface area (Å²) in [7, 11) is 0. The molecule has 1 saturated heterocycles. The molecule has 0 spiro atoms. The van der Waals surface area contributed by atoms with Crippen LogP contribution in [-0.4, -0.2) is 23.5 Å². The van der Waals surface area contributed by atoms with Crippen molar-refractivity contribution in [3.63, 3.8) is 0 Å². The van der Waals surface area contributed by atoms with Gasteiger partial charge in [0.15, 0.2) is 0 Å². The summed E-state index contributed by atoms with van der Waals surface area (Å²) >= 11 is 12.5. The van der Waals surface area contributed by atoms with Crippen molar-refractivity contribution in [2.75, 3.05) is 6.61 Å². The van der Waals surface area contributed by atoms with E-state index < -0.39 is 0 Å². The van der Waals surface area contributed by atoms with Gasteiger partial charge in [-0.3, -0.25) is 4.79 Å². The molecule has 0 bridgehead atoms. The Morgan fingerprint density at radius 3 is 2.32 bits per heavy atom. The minimum atomic E-state index is -0.298. The molecule has 0 aliphatic carbocycles. The number of hydrogen-bond donors (Lipinski definition) is 0. The van der Waals surface area contributed by atoms with E-state index in [4.69, 9.17) is 27.9 Å². The number of morpholine rings is 1. The summed E-state index contributed by atoms with van der Waals surface area (Å²) in [5.74, 6) is 0.382. The van der Waals surface area contributed by atoms with Gasteiger partial charge in [-0.15, -0.1) is 0 Å². The first-order chi connectivity index (χ1) is 14.6. The smallest absolute Gasteiger partial charge is 0.249 e. The lowest BCUT2D eigenvalue weighted by Gasteiger charge is -2.48. The van der Waals surface area contributed by atoms with E-state index in [9.17, 15) is 4.79 Å². The van der Waals surface area contributed by atoms with Crippen molar-refractivity contribution >= 4 is 29.1 Å². The molecule has 1 amide bonds. The van der Waals surface area contributed by atoms with Gasteiger partial charge in [-0.1, -0.05) is 82.1 Å². The van der Waals surface area contributed by atoms with E-state index in [-0.39, 0.29) is 36.1 Å². The highest BCUT2D eigenvalue weighted by Gasteiger charge is 2.43. The van der Waals surface area contributed by atoms with Crippen LogP contribution in [0.1, 0.15) is 70.7 Å². The molecule has 31 heavy (non-hydrogen) atoms. The van der Waals surface area contributed by atoms with E-state index >= 15 is 0 Å². The van der Waals surface area contributed by atoms with Crippen molar-refractivity contribution in [2.45, 2.75) is 65.6 Å². The van der Waals surface area contributed by atoms with E-state index in [2.05, 4.69) is 39.5 Å². The van der Waals surface area contributed by atoms with Crippen LogP contribution in [0.2, 0.25) is 10.0 Å². The molecule has 2 aromatic carbocycles. The first-order valence-corrected chi connectivity index (χ1v) is 11.8. The number of rotatable bonds is 6. The summed E-state index contributed by atoms with van der Waals surface area (Å²) in [5, 5.41) is 1.33. The monoisotopic (exact) mass is 461 g/mol. The van der Waals surface area contributed by atoms with E-state index in [1.807, 2.05) is 48.5 Å². The number of carbonyl (C=O) groups excluding carboxylic acids is 1. The van der Waals surface area contributed by atoms with Crippen molar-refractivity contribution in [3.05, 3.63) is 69.7 Å². The molecule has 0 saturated carbocycles. The molecular formula is C26H33Cl2NO2. The molecule has 1 aliphatic rings. The van der Waals surface area contributed by atoms with Gasteiger partial charge in [-0.2, -0.15) is 0 Å². The van der Waals surface area contributed by atoms with Gasteiger partial charge < -0.3 is 9.64 Å². The van der Waals surface area contributed by atoms with Gasteiger partial charge in [0.05, 0.1) is 6.04 Å². The lowest BCUT2D eigenvalue weighted by atomic mass is 9.79. The molecule has 0 aromatic heterocycles. The molecule has 0 N–H and O–H groups in total. The third kappa shape index (κ3) is 5.83. The first-order valence-electron chi connectivity index (χ1n) is 11.0. The van der Waals surface area contributed by atoms with E-state index in [1.165, 1.54) is 0 Å². The zero-order chi connectivity index (χ0) is 22.8. The lowest BCUT2D eigenvalue weighted by molar-refractivity contribution is -0.166. The molecule has 168 valence electrons. The van der Waals surface area contributed by atoms with Crippen LogP contribution in [0.3, 0.4) is 0 Å². The zero-order valence-electron chi connectivity index (χ0n) is 19.1. The summed E-state index contributed by atoms with van der Waals surface area (Å²) in [4.78, 5) is 15.4. The van der Waals surface area contributed by atoms with Crippen molar-refractivity contribution in [1.29, 1.82) is 0 Å². The molecule has 1 aliphatic heterocycles. The van der Waals surface area contributed by atoms with Crippen molar-refractivity contribution < 1.29 is 9.53 Å². The molecule has 1 heterocycles. The fourth-order valence-corrected chi connectivity index (χ4v) is 5.28. The highest BCUT2D eigenvalue weighted by atomic mass is 35.5. The summed E-state index contributed by atoms with van der Waals surface area (Å²) in [6, 6.07) is 15.4. The zero-order valence-corrected chi connectivity index (χ0v) is 20.6. The first kappa shape index (κ1) is 24.1. The van der Waals surface area contributed by atoms with Crippen LogP contribution in [-0.2, 0) is 9.53 Å². The summed E-state index contributed by atoms with van der Waals surface area (Å²) in [6.45, 7) is 11.3. The van der Waals surface area contributed by atoms with Crippen LogP contribution in [0.4, 0.5) is 0 Å². The predicted molar refractivity (Wildman–Crippen MR) is 128 cm³/mol. The average Bonchev–Trinajstić information content (AvgIpc) is 2.69. The van der Waals surface area contributed by atoms with E-state index in [0.717, 1.165) is 24.0 Å². The fourth-order valence-electron chi connectivity index (χ4n) is 4.95. The normalized spacial score (nSPS) is 21.8. The largest absolute Gasteiger partial charge is 0.361 e. The van der Waals surface area contributed by atoms with Gasteiger partial charge in [-0.25, -0.2) is 0 Å². The third-order valence-corrected chi connectivity index (χ3v) is 6.50. The van der Waals surface area contributed by atoms with Gasteiger partial charge in [0, 0.05) is 16.1 Å². The molecular weight excluding hydrogens is 429 g/mol.